The smallest absolute Gasteiger partial charge is 0.408 e. The van der Waals surface area contributed by atoms with Gasteiger partial charge in [-0.05, 0) is 0 Å². The SMILES string of the molecule is C=CCOC(=O)NC(C(=O)O)C(=O)O. The fourth-order valence-corrected chi connectivity index (χ4v) is 0.523. The maximum absolute atomic E-state index is 10.7. The molecule has 0 aliphatic heterocycles. The Bertz CT molecular complexity index is 247. The third-order valence-corrected chi connectivity index (χ3v) is 1.09. The lowest BCUT2D eigenvalue weighted by Gasteiger charge is -2.09. The van der Waals surface area contributed by atoms with Crippen LogP contribution in [0.2, 0.25) is 0 Å². The van der Waals surface area contributed by atoms with Crippen LogP contribution in [0.25, 0.3) is 0 Å². The van der Waals surface area contributed by atoms with Crippen molar-refractivity contribution in [3.05, 3.63) is 12.7 Å². The monoisotopic (exact) mass is 203 g/mol. The van der Waals surface area contributed by atoms with Gasteiger partial charge in [0.25, 0.3) is 0 Å². The van der Waals surface area contributed by atoms with Crippen LogP contribution >= 0.6 is 0 Å². The number of carbonyl (C=O) groups is 3. The molecule has 0 aromatic heterocycles. The number of amides is 1. The van der Waals surface area contributed by atoms with E-state index in [9.17, 15) is 14.4 Å². The quantitative estimate of drug-likeness (QED) is 0.407. The zero-order valence-corrected chi connectivity index (χ0v) is 7.10. The van der Waals surface area contributed by atoms with Crippen molar-refractivity contribution in [2.45, 2.75) is 6.04 Å². The third-order valence-electron chi connectivity index (χ3n) is 1.09. The highest BCUT2D eigenvalue weighted by molar-refractivity contribution is 5.99. The number of rotatable bonds is 5. The lowest BCUT2D eigenvalue weighted by atomic mass is 10.3. The molecule has 0 aliphatic rings. The zero-order valence-electron chi connectivity index (χ0n) is 7.10. The summed E-state index contributed by atoms with van der Waals surface area (Å²) in [5, 5.41) is 18.3. The van der Waals surface area contributed by atoms with Gasteiger partial charge in [-0.3, -0.25) is 5.32 Å². The largest absolute Gasteiger partial charge is 0.479 e. The zero-order chi connectivity index (χ0) is 11.1. The van der Waals surface area contributed by atoms with Crippen molar-refractivity contribution in [3.63, 3.8) is 0 Å². The van der Waals surface area contributed by atoms with Crippen LogP contribution in [0, 0.1) is 0 Å². The molecule has 78 valence electrons. The molecule has 14 heavy (non-hydrogen) atoms. The van der Waals surface area contributed by atoms with Crippen LogP contribution in [0.15, 0.2) is 12.7 Å². The Morgan fingerprint density at radius 3 is 2.21 bits per heavy atom. The van der Waals surface area contributed by atoms with Crippen molar-refractivity contribution < 1.29 is 29.3 Å². The molecule has 0 aromatic carbocycles. The van der Waals surface area contributed by atoms with Gasteiger partial charge < -0.3 is 14.9 Å². The maximum Gasteiger partial charge on any atom is 0.408 e. The van der Waals surface area contributed by atoms with Gasteiger partial charge in [-0.25, -0.2) is 14.4 Å². The predicted molar refractivity (Wildman–Crippen MR) is 43.7 cm³/mol. The molecule has 7 nitrogen and oxygen atoms in total. The summed E-state index contributed by atoms with van der Waals surface area (Å²) < 4.78 is 4.33. The lowest BCUT2D eigenvalue weighted by molar-refractivity contribution is -0.150. The topological polar surface area (TPSA) is 113 Å². The Hall–Kier alpha value is -2.05. The van der Waals surface area contributed by atoms with Gasteiger partial charge in [-0.2, -0.15) is 0 Å². The minimum absolute atomic E-state index is 0.127. The molecule has 0 unspecified atom stereocenters. The van der Waals surface area contributed by atoms with E-state index in [2.05, 4.69) is 11.3 Å². The highest BCUT2D eigenvalue weighted by Crippen LogP contribution is 1.87. The van der Waals surface area contributed by atoms with E-state index < -0.39 is 24.1 Å². The summed E-state index contributed by atoms with van der Waals surface area (Å²) >= 11 is 0. The van der Waals surface area contributed by atoms with E-state index >= 15 is 0 Å². The molecule has 0 aromatic rings. The number of alkyl carbamates (subject to hydrolysis) is 1. The van der Waals surface area contributed by atoms with Crippen LogP contribution in [0.4, 0.5) is 4.79 Å². The Balaban J connectivity index is 4.16. The van der Waals surface area contributed by atoms with Crippen molar-refractivity contribution in [2.75, 3.05) is 6.61 Å². The highest BCUT2D eigenvalue weighted by Gasteiger charge is 2.27. The molecule has 1 amide bonds. The molecule has 0 heterocycles. The Labute approximate surface area is 79.0 Å². The first-order valence-electron chi connectivity index (χ1n) is 3.48. The molecular weight excluding hydrogens is 194 g/mol. The van der Waals surface area contributed by atoms with E-state index in [1.54, 1.807) is 5.32 Å². The number of hydrogen-bond donors (Lipinski definition) is 3. The third kappa shape index (κ3) is 4.10. The summed E-state index contributed by atoms with van der Waals surface area (Å²) in [6, 6.07) is -2.01. The number of hydrogen-bond acceptors (Lipinski definition) is 4. The maximum atomic E-state index is 10.7. The van der Waals surface area contributed by atoms with Gasteiger partial charge in [-0.1, -0.05) is 12.7 Å². The lowest BCUT2D eigenvalue weighted by Crippen LogP contribution is -2.46. The summed E-state index contributed by atoms with van der Waals surface area (Å²) in [5.41, 5.74) is 0. The number of carbonyl (C=O) groups excluding carboxylic acids is 1. The summed E-state index contributed by atoms with van der Waals surface area (Å²) in [7, 11) is 0. The number of ether oxygens (including phenoxy) is 1. The molecule has 0 fully saturated rings. The number of aliphatic carboxylic acids is 2. The van der Waals surface area contributed by atoms with Crippen LogP contribution in [-0.4, -0.2) is 40.9 Å². The molecule has 0 radical (unpaired) electrons. The summed E-state index contributed by atoms with van der Waals surface area (Å²) in [6.45, 7) is 3.12. The van der Waals surface area contributed by atoms with Crippen LogP contribution in [0.5, 0.6) is 0 Å². The second-order valence-corrected chi connectivity index (χ2v) is 2.14. The Morgan fingerprint density at radius 2 is 1.86 bits per heavy atom. The van der Waals surface area contributed by atoms with Crippen LogP contribution < -0.4 is 5.32 Å². The molecule has 7 heteroatoms. The normalized spacial score (nSPS) is 9.21. The van der Waals surface area contributed by atoms with Gasteiger partial charge in [0.1, 0.15) is 6.61 Å². The molecule has 0 bridgehead atoms. The summed E-state index contributed by atoms with van der Waals surface area (Å²) in [6.07, 6.45) is 0.135. The van der Waals surface area contributed by atoms with E-state index in [1.807, 2.05) is 0 Å². The Morgan fingerprint density at radius 1 is 1.36 bits per heavy atom. The second-order valence-electron chi connectivity index (χ2n) is 2.14. The first-order chi connectivity index (χ1) is 6.49. The van der Waals surface area contributed by atoms with Crippen molar-refractivity contribution in [3.8, 4) is 0 Å². The van der Waals surface area contributed by atoms with Crippen molar-refractivity contribution in [1.82, 2.24) is 5.32 Å². The molecular formula is C7H9NO6. The Kier molecular flexibility index (Phi) is 4.76. The minimum Gasteiger partial charge on any atom is -0.479 e. The van der Waals surface area contributed by atoms with E-state index in [0.717, 1.165) is 0 Å². The van der Waals surface area contributed by atoms with Gasteiger partial charge in [0, 0.05) is 0 Å². The van der Waals surface area contributed by atoms with E-state index in [0.29, 0.717) is 0 Å². The number of carboxylic acid groups (broad SMARTS) is 2. The molecule has 0 spiro atoms. The molecule has 0 atom stereocenters. The van der Waals surface area contributed by atoms with Crippen LogP contribution in [0.3, 0.4) is 0 Å². The summed E-state index contributed by atoms with van der Waals surface area (Å²) in [5.74, 6) is -3.35. The van der Waals surface area contributed by atoms with Gasteiger partial charge in [0.15, 0.2) is 0 Å². The predicted octanol–water partition coefficient (Wildman–Crippen LogP) is -0.564. The molecule has 3 N–H and O–H groups in total. The first-order valence-corrected chi connectivity index (χ1v) is 3.48. The average molecular weight is 203 g/mol. The second kappa shape index (κ2) is 5.57. The molecule has 0 aliphatic carbocycles. The van der Waals surface area contributed by atoms with Crippen molar-refractivity contribution in [2.24, 2.45) is 0 Å². The minimum atomic E-state index is -2.01. The molecule has 0 rings (SSSR count). The highest BCUT2D eigenvalue weighted by atomic mass is 16.5. The van der Waals surface area contributed by atoms with Gasteiger partial charge in [0.2, 0.25) is 6.04 Å². The summed E-state index contributed by atoms with van der Waals surface area (Å²) in [4.78, 5) is 31.3. The fourth-order valence-electron chi connectivity index (χ4n) is 0.523. The molecule has 0 saturated heterocycles. The van der Waals surface area contributed by atoms with Gasteiger partial charge in [0.05, 0.1) is 0 Å². The van der Waals surface area contributed by atoms with Crippen molar-refractivity contribution in [1.29, 1.82) is 0 Å². The fraction of sp³-hybridized carbons (Fsp3) is 0.286. The standard InChI is InChI=1S/C7H9NO6/c1-2-3-14-7(13)8-4(5(9)10)6(11)12/h2,4H,1,3H2,(H,8,13)(H,9,10)(H,11,12). The van der Waals surface area contributed by atoms with E-state index in [4.69, 9.17) is 10.2 Å². The van der Waals surface area contributed by atoms with Gasteiger partial charge >= 0.3 is 18.0 Å². The first kappa shape index (κ1) is 11.9. The average Bonchev–Trinajstić information content (AvgIpc) is 2.09. The van der Waals surface area contributed by atoms with E-state index in [1.165, 1.54) is 6.08 Å². The van der Waals surface area contributed by atoms with Gasteiger partial charge in [-0.15, -0.1) is 0 Å². The molecule has 0 saturated carbocycles. The number of carboxylic acids is 2. The number of nitrogens with one attached hydrogen (secondary N) is 1. The van der Waals surface area contributed by atoms with Crippen LogP contribution in [0.1, 0.15) is 0 Å². The van der Waals surface area contributed by atoms with Crippen LogP contribution in [-0.2, 0) is 14.3 Å². The van der Waals surface area contributed by atoms with E-state index in [-0.39, 0.29) is 6.61 Å². The van der Waals surface area contributed by atoms with Crippen molar-refractivity contribution >= 4 is 18.0 Å².